The summed E-state index contributed by atoms with van der Waals surface area (Å²) < 4.78 is 0. The fraction of sp³-hybridized carbons (Fsp3) is 0.273. The van der Waals surface area contributed by atoms with Gasteiger partial charge in [-0.15, -0.1) is 21.8 Å². The Morgan fingerprint density at radius 2 is 2.12 bits per heavy atom. The van der Waals surface area contributed by atoms with Crippen molar-refractivity contribution in [3.63, 3.8) is 0 Å². The molecule has 0 amide bonds. The monoisotopic (exact) mass is 288 g/mol. The van der Waals surface area contributed by atoms with E-state index in [9.17, 15) is 5.11 Å². The highest BCUT2D eigenvalue weighted by Crippen LogP contribution is 2.33. The molecule has 17 heavy (non-hydrogen) atoms. The average molecular weight is 289 g/mol. The summed E-state index contributed by atoms with van der Waals surface area (Å²) in [5, 5.41) is 19.8. The van der Waals surface area contributed by atoms with Gasteiger partial charge in [0.25, 0.3) is 0 Å². The molecule has 1 aromatic heterocycles. The Balaban J connectivity index is 2.27. The number of phenolic OH excluding ortho intramolecular Hbond substituents is 1. The number of hydrogen-bond donors (Lipinski definition) is 1. The standard InChI is InChI=1S/C11H10Cl2N2OS/c12-5-1-2-10-14-15-11(17-10)8-6-7(16)3-4-9(8)13/h3-4,6,16H,1-2,5H2. The minimum atomic E-state index is 0.168. The van der Waals surface area contributed by atoms with Crippen molar-refractivity contribution in [1.29, 1.82) is 0 Å². The fourth-order valence-corrected chi connectivity index (χ4v) is 2.67. The highest BCUT2D eigenvalue weighted by atomic mass is 35.5. The number of rotatable bonds is 4. The Morgan fingerprint density at radius 3 is 2.88 bits per heavy atom. The second-order valence-electron chi connectivity index (χ2n) is 3.46. The number of aromatic nitrogens is 2. The Hall–Kier alpha value is -0.840. The maximum Gasteiger partial charge on any atom is 0.149 e. The molecule has 0 atom stereocenters. The summed E-state index contributed by atoms with van der Waals surface area (Å²) in [7, 11) is 0. The predicted octanol–water partition coefficient (Wildman–Crippen LogP) is 3.74. The molecule has 6 heteroatoms. The van der Waals surface area contributed by atoms with Crippen LogP contribution in [-0.2, 0) is 6.42 Å². The zero-order valence-electron chi connectivity index (χ0n) is 8.86. The molecule has 0 unspecified atom stereocenters. The van der Waals surface area contributed by atoms with E-state index in [2.05, 4.69) is 10.2 Å². The zero-order chi connectivity index (χ0) is 12.3. The van der Waals surface area contributed by atoms with Gasteiger partial charge in [-0.2, -0.15) is 0 Å². The number of halogens is 2. The van der Waals surface area contributed by atoms with Crippen LogP contribution in [-0.4, -0.2) is 21.2 Å². The van der Waals surface area contributed by atoms with Gasteiger partial charge < -0.3 is 5.11 Å². The molecule has 0 aliphatic rings. The summed E-state index contributed by atoms with van der Waals surface area (Å²) in [6.07, 6.45) is 1.70. The maximum atomic E-state index is 9.43. The molecule has 1 heterocycles. The summed E-state index contributed by atoms with van der Waals surface area (Å²) in [6, 6.07) is 4.78. The van der Waals surface area contributed by atoms with Crippen LogP contribution in [0.3, 0.4) is 0 Å². The van der Waals surface area contributed by atoms with Gasteiger partial charge in [-0.05, 0) is 24.6 Å². The Morgan fingerprint density at radius 1 is 1.29 bits per heavy atom. The summed E-state index contributed by atoms with van der Waals surface area (Å²) in [5.74, 6) is 0.781. The molecule has 2 rings (SSSR count). The van der Waals surface area contributed by atoms with E-state index in [1.807, 2.05) is 0 Å². The van der Waals surface area contributed by atoms with Crippen LogP contribution in [0.15, 0.2) is 18.2 Å². The lowest BCUT2D eigenvalue weighted by molar-refractivity contribution is 0.475. The largest absolute Gasteiger partial charge is 0.508 e. The molecule has 2 aromatic rings. The van der Waals surface area contributed by atoms with Crippen molar-refractivity contribution < 1.29 is 5.11 Å². The molecule has 0 bridgehead atoms. The van der Waals surface area contributed by atoms with Gasteiger partial charge in [-0.1, -0.05) is 22.9 Å². The van der Waals surface area contributed by atoms with E-state index in [1.54, 1.807) is 18.2 Å². The van der Waals surface area contributed by atoms with Crippen LogP contribution in [0.25, 0.3) is 10.6 Å². The smallest absolute Gasteiger partial charge is 0.149 e. The first-order valence-corrected chi connectivity index (χ1v) is 6.81. The number of benzene rings is 1. The molecule has 0 saturated heterocycles. The normalized spacial score (nSPS) is 10.7. The van der Waals surface area contributed by atoms with E-state index in [-0.39, 0.29) is 5.75 Å². The first-order valence-electron chi connectivity index (χ1n) is 5.08. The van der Waals surface area contributed by atoms with Crippen LogP contribution in [0.5, 0.6) is 5.75 Å². The van der Waals surface area contributed by atoms with Gasteiger partial charge in [0.1, 0.15) is 15.8 Å². The van der Waals surface area contributed by atoms with Gasteiger partial charge in [-0.3, -0.25) is 0 Å². The molecule has 3 nitrogen and oxygen atoms in total. The summed E-state index contributed by atoms with van der Waals surface area (Å²) in [4.78, 5) is 0. The second-order valence-corrected chi connectivity index (χ2v) is 5.30. The summed E-state index contributed by atoms with van der Waals surface area (Å²) >= 11 is 13.1. The highest BCUT2D eigenvalue weighted by Gasteiger charge is 2.10. The molecule has 90 valence electrons. The van der Waals surface area contributed by atoms with Crippen LogP contribution in [0.2, 0.25) is 5.02 Å². The van der Waals surface area contributed by atoms with E-state index >= 15 is 0 Å². The van der Waals surface area contributed by atoms with Crippen LogP contribution in [0.1, 0.15) is 11.4 Å². The minimum absolute atomic E-state index is 0.168. The van der Waals surface area contributed by atoms with Crippen molar-refractivity contribution in [3.8, 4) is 16.3 Å². The van der Waals surface area contributed by atoms with E-state index in [0.717, 1.165) is 22.9 Å². The molecular formula is C11H10Cl2N2OS. The molecule has 0 spiro atoms. The first kappa shape index (κ1) is 12.6. The van der Waals surface area contributed by atoms with E-state index < -0.39 is 0 Å². The lowest BCUT2D eigenvalue weighted by Crippen LogP contribution is -1.84. The van der Waals surface area contributed by atoms with Gasteiger partial charge in [0.2, 0.25) is 0 Å². The van der Waals surface area contributed by atoms with Crippen LogP contribution >= 0.6 is 34.5 Å². The lowest BCUT2D eigenvalue weighted by atomic mass is 10.2. The second kappa shape index (κ2) is 5.67. The predicted molar refractivity (Wildman–Crippen MR) is 71.1 cm³/mol. The van der Waals surface area contributed by atoms with Gasteiger partial charge in [0.15, 0.2) is 0 Å². The number of aryl methyl sites for hydroxylation is 1. The lowest BCUT2D eigenvalue weighted by Gasteiger charge is -1.99. The van der Waals surface area contributed by atoms with Gasteiger partial charge in [0, 0.05) is 17.9 Å². The van der Waals surface area contributed by atoms with Gasteiger partial charge >= 0.3 is 0 Å². The number of nitrogens with zero attached hydrogens (tertiary/aromatic N) is 2. The maximum absolute atomic E-state index is 9.43. The van der Waals surface area contributed by atoms with Crippen molar-refractivity contribution in [2.75, 3.05) is 5.88 Å². The van der Waals surface area contributed by atoms with Crippen molar-refractivity contribution in [3.05, 3.63) is 28.2 Å². The van der Waals surface area contributed by atoms with E-state index in [4.69, 9.17) is 23.2 Å². The highest BCUT2D eigenvalue weighted by molar-refractivity contribution is 7.14. The Kier molecular flexibility index (Phi) is 4.20. The number of alkyl halides is 1. The average Bonchev–Trinajstić information content (AvgIpc) is 2.78. The quantitative estimate of drug-likeness (QED) is 0.872. The number of phenols is 1. The third-order valence-electron chi connectivity index (χ3n) is 2.17. The van der Waals surface area contributed by atoms with Crippen molar-refractivity contribution in [1.82, 2.24) is 10.2 Å². The molecule has 0 aliphatic carbocycles. The Bertz CT molecular complexity index is 516. The molecule has 0 radical (unpaired) electrons. The molecule has 0 aliphatic heterocycles. The molecular weight excluding hydrogens is 279 g/mol. The third kappa shape index (κ3) is 3.09. The number of aromatic hydroxyl groups is 1. The topological polar surface area (TPSA) is 46.0 Å². The van der Waals surface area contributed by atoms with Gasteiger partial charge in [0.05, 0.1) is 5.02 Å². The molecule has 1 aromatic carbocycles. The molecule has 1 N–H and O–H groups in total. The van der Waals surface area contributed by atoms with Crippen LogP contribution < -0.4 is 0 Å². The van der Waals surface area contributed by atoms with Crippen LogP contribution in [0.4, 0.5) is 0 Å². The first-order chi connectivity index (χ1) is 8.20. The van der Waals surface area contributed by atoms with E-state index in [0.29, 0.717) is 16.5 Å². The molecule has 0 fully saturated rings. The van der Waals surface area contributed by atoms with Gasteiger partial charge in [-0.25, -0.2) is 0 Å². The third-order valence-corrected chi connectivity index (χ3v) is 3.78. The van der Waals surface area contributed by atoms with Crippen molar-refractivity contribution in [2.24, 2.45) is 0 Å². The fourth-order valence-electron chi connectivity index (χ4n) is 1.36. The summed E-state index contributed by atoms with van der Waals surface area (Å²) in [5.41, 5.74) is 0.710. The van der Waals surface area contributed by atoms with Crippen LogP contribution in [0, 0.1) is 0 Å². The molecule has 0 saturated carbocycles. The minimum Gasteiger partial charge on any atom is -0.508 e. The van der Waals surface area contributed by atoms with Crippen molar-refractivity contribution in [2.45, 2.75) is 12.8 Å². The zero-order valence-corrected chi connectivity index (χ0v) is 11.2. The number of hydrogen-bond acceptors (Lipinski definition) is 4. The SMILES string of the molecule is Oc1ccc(Cl)c(-c2nnc(CCCCl)s2)c1. The Labute approximate surface area is 113 Å². The van der Waals surface area contributed by atoms with Crippen molar-refractivity contribution >= 4 is 34.5 Å². The van der Waals surface area contributed by atoms with E-state index in [1.165, 1.54) is 11.3 Å². The summed E-state index contributed by atoms with van der Waals surface area (Å²) in [6.45, 7) is 0.